The smallest absolute Gasteiger partial charge is 0.424 e. The molecule has 2 bridgehead atoms. The molecule has 2 aliphatic heterocycles. The maximum Gasteiger partial charge on any atom is 0.424 e. The summed E-state index contributed by atoms with van der Waals surface area (Å²) in [5, 5.41) is 10.9. The zero-order chi connectivity index (χ0) is 15.7. The minimum absolute atomic E-state index is 0.136. The highest BCUT2D eigenvalue weighted by molar-refractivity contribution is 5.69. The third-order valence-electron chi connectivity index (χ3n) is 6.21. The maximum atomic E-state index is 11.9. The number of carbonyl (C=O) groups excluding carboxylic acids is 1. The summed E-state index contributed by atoms with van der Waals surface area (Å²) in [6.45, 7) is 2.10. The number of nitrogens with zero attached hydrogens (tertiary/aromatic N) is 3. The van der Waals surface area contributed by atoms with Gasteiger partial charge < -0.3 is 4.74 Å². The van der Waals surface area contributed by atoms with Crippen LogP contribution in [-0.2, 0) is 4.74 Å². The highest BCUT2D eigenvalue weighted by atomic mass is 16.5. The van der Waals surface area contributed by atoms with Crippen molar-refractivity contribution in [3.8, 4) is 0 Å². The van der Waals surface area contributed by atoms with Crippen LogP contribution in [0.15, 0.2) is 34.5 Å². The van der Waals surface area contributed by atoms with Crippen molar-refractivity contribution in [2.75, 3.05) is 7.11 Å². The normalized spacial score (nSPS) is 42.3. The number of methoxy groups -OCH3 is 1. The van der Waals surface area contributed by atoms with Crippen molar-refractivity contribution in [1.29, 1.82) is 0 Å². The second-order valence-electron chi connectivity index (χ2n) is 7.20. The van der Waals surface area contributed by atoms with Gasteiger partial charge in [0, 0.05) is 11.8 Å². The maximum absolute atomic E-state index is 11.9. The predicted octanol–water partition coefficient (Wildman–Crippen LogP) is 2.46. The van der Waals surface area contributed by atoms with Crippen molar-refractivity contribution in [1.82, 2.24) is 10.4 Å². The van der Waals surface area contributed by atoms with Gasteiger partial charge in [0.15, 0.2) is 0 Å². The van der Waals surface area contributed by atoms with Crippen LogP contribution in [0, 0.1) is 24.7 Å². The molecule has 1 saturated heterocycles. The molecule has 0 radical (unpaired) electrons. The van der Waals surface area contributed by atoms with Crippen LogP contribution in [0.1, 0.15) is 23.6 Å². The number of fused-ring (bicyclic) bond motifs is 8. The number of hydrogen-bond acceptors (Lipinski definition) is 5. The number of benzene rings is 1. The monoisotopic (exact) mass is 312 g/mol. The van der Waals surface area contributed by atoms with Gasteiger partial charge in [-0.25, -0.2) is 15.2 Å². The second-order valence-corrected chi connectivity index (χ2v) is 7.20. The Morgan fingerprint density at radius 1 is 1.26 bits per heavy atom. The number of azo groups is 1. The van der Waals surface area contributed by atoms with Crippen LogP contribution in [0.4, 0.5) is 4.79 Å². The highest BCUT2D eigenvalue weighted by Gasteiger charge is 2.68. The van der Waals surface area contributed by atoms with E-state index < -0.39 is 0 Å². The fourth-order valence-electron chi connectivity index (χ4n) is 5.22. The molecule has 2 heterocycles. The Hall–Kier alpha value is -1.95. The van der Waals surface area contributed by atoms with Gasteiger partial charge in [0.25, 0.3) is 0 Å². The van der Waals surface area contributed by atoms with Gasteiger partial charge in [-0.1, -0.05) is 29.8 Å². The predicted molar refractivity (Wildman–Crippen MR) is 82.6 cm³/mol. The summed E-state index contributed by atoms with van der Waals surface area (Å²) in [5.74, 6) is 1.37. The molecule has 0 aromatic heterocycles. The third-order valence-corrected chi connectivity index (χ3v) is 6.21. The first-order chi connectivity index (χ1) is 11.2. The van der Waals surface area contributed by atoms with Crippen LogP contribution < -0.4 is 5.43 Å². The van der Waals surface area contributed by atoms with E-state index in [1.807, 2.05) is 0 Å². The molecule has 2 saturated carbocycles. The summed E-state index contributed by atoms with van der Waals surface area (Å²) < 4.78 is 4.88. The van der Waals surface area contributed by atoms with Gasteiger partial charge in [0.05, 0.1) is 25.2 Å². The molecule has 6 nitrogen and oxygen atoms in total. The van der Waals surface area contributed by atoms with Crippen LogP contribution in [0.2, 0.25) is 0 Å². The van der Waals surface area contributed by atoms with Crippen LogP contribution >= 0.6 is 0 Å². The van der Waals surface area contributed by atoms with Gasteiger partial charge in [0.1, 0.15) is 6.04 Å². The Balaban J connectivity index is 1.44. The summed E-state index contributed by atoms with van der Waals surface area (Å²) >= 11 is 0. The van der Waals surface area contributed by atoms with Gasteiger partial charge in [-0.15, -0.1) is 0 Å². The van der Waals surface area contributed by atoms with Crippen LogP contribution in [0.3, 0.4) is 0 Å². The van der Waals surface area contributed by atoms with Gasteiger partial charge >= 0.3 is 6.09 Å². The number of rotatable bonds is 1. The largest absolute Gasteiger partial charge is 0.452 e. The lowest BCUT2D eigenvalue weighted by molar-refractivity contribution is -0.0628. The molecule has 0 spiro atoms. The van der Waals surface area contributed by atoms with Crippen molar-refractivity contribution in [2.24, 2.45) is 28.0 Å². The standard InChI is InChI=1S/C17H20N4O2/c1-8-3-5-9(6-4-8)13-12-10-7-11(14(12)19-18-13)15-16(10)21(20-15)17(22)23-2/h3-6,10-16,20H,7H2,1-2H3/t10-,11+,12?,13?,14?,15+,16-/m0/s1. The quantitative estimate of drug-likeness (QED) is 0.866. The Kier molecular flexibility index (Phi) is 2.66. The average Bonchev–Trinajstić information content (AvgIpc) is 3.16. The number of ether oxygens (including phenoxy) is 1. The molecule has 2 aliphatic carbocycles. The van der Waals surface area contributed by atoms with Gasteiger partial charge in [0.2, 0.25) is 0 Å². The van der Waals surface area contributed by atoms with Crippen LogP contribution in [-0.4, -0.2) is 36.3 Å². The number of amides is 1. The van der Waals surface area contributed by atoms with E-state index in [9.17, 15) is 4.79 Å². The first kappa shape index (κ1) is 13.5. The van der Waals surface area contributed by atoms with Gasteiger partial charge in [-0.2, -0.15) is 10.2 Å². The number of nitrogens with one attached hydrogen (secondary N) is 1. The van der Waals surface area contributed by atoms with E-state index in [4.69, 9.17) is 4.74 Å². The van der Waals surface area contributed by atoms with Crippen molar-refractivity contribution in [3.05, 3.63) is 35.4 Å². The van der Waals surface area contributed by atoms with E-state index in [0.29, 0.717) is 29.8 Å². The molecule has 3 fully saturated rings. The lowest BCUT2D eigenvalue weighted by atomic mass is 9.73. The fourth-order valence-corrected chi connectivity index (χ4v) is 5.22. The summed E-state index contributed by atoms with van der Waals surface area (Å²) in [6.07, 6.45) is 0.848. The number of aryl methyl sites for hydroxylation is 1. The molecule has 1 aromatic rings. The Bertz CT molecular complexity index is 688. The van der Waals surface area contributed by atoms with E-state index in [1.54, 1.807) is 5.01 Å². The van der Waals surface area contributed by atoms with Gasteiger partial charge in [-0.05, 0) is 24.8 Å². The van der Waals surface area contributed by atoms with E-state index >= 15 is 0 Å². The molecule has 6 heteroatoms. The molecule has 7 atom stereocenters. The number of hydrogen-bond donors (Lipinski definition) is 1. The molecule has 23 heavy (non-hydrogen) atoms. The first-order valence-electron chi connectivity index (χ1n) is 8.29. The third kappa shape index (κ3) is 1.64. The van der Waals surface area contributed by atoms with E-state index in [1.165, 1.54) is 18.2 Å². The highest BCUT2D eigenvalue weighted by Crippen LogP contribution is 2.61. The summed E-state index contributed by atoms with van der Waals surface area (Å²) in [5.41, 5.74) is 5.76. The molecule has 120 valence electrons. The van der Waals surface area contributed by atoms with Crippen LogP contribution in [0.5, 0.6) is 0 Å². The fraction of sp³-hybridized carbons (Fsp3) is 0.588. The average molecular weight is 312 g/mol. The molecule has 3 unspecified atom stereocenters. The van der Waals surface area contributed by atoms with Crippen LogP contribution in [0.25, 0.3) is 0 Å². The Morgan fingerprint density at radius 3 is 2.78 bits per heavy atom. The Labute approximate surface area is 134 Å². The molecule has 4 aliphatic rings. The molecule has 1 N–H and O–H groups in total. The minimum atomic E-state index is -0.283. The van der Waals surface area contributed by atoms with Gasteiger partial charge in [-0.3, -0.25) is 0 Å². The van der Waals surface area contributed by atoms with Crippen molar-refractivity contribution in [2.45, 2.75) is 37.5 Å². The zero-order valence-electron chi connectivity index (χ0n) is 13.2. The topological polar surface area (TPSA) is 66.3 Å². The molecular weight excluding hydrogens is 292 g/mol. The van der Waals surface area contributed by atoms with E-state index in [0.717, 1.165) is 6.42 Å². The molecule has 1 amide bonds. The zero-order valence-corrected chi connectivity index (χ0v) is 13.2. The first-order valence-corrected chi connectivity index (χ1v) is 8.29. The van der Waals surface area contributed by atoms with Crippen molar-refractivity contribution in [3.63, 3.8) is 0 Å². The lowest BCUT2D eigenvalue weighted by Gasteiger charge is -2.52. The number of carbonyl (C=O) groups is 1. The minimum Gasteiger partial charge on any atom is -0.452 e. The lowest BCUT2D eigenvalue weighted by Crippen LogP contribution is -2.75. The summed E-state index contributed by atoms with van der Waals surface area (Å²) in [7, 11) is 1.43. The SMILES string of the molecule is COC(=O)N1N[C@H]2[C@@H]1[C@H]1C[C@@H]2C2N=NC(c3ccc(C)cc3)C21. The second kappa shape index (κ2) is 4.54. The number of hydrazine groups is 1. The Morgan fingerprint density at radius 2 is 2.04 bits per heavy atom. The molecular formula is C17H20N4O2. The summed E-state index contributed by atoms with van der Waals surface area (Å²) in [6, 6.07) is 9.65. The molecule has 1 aromatic carbocycles. The van der Waals surface area contributed by atoms with E-state index in [2.05, 4.69) is 46.8 Å². The van der Waals surface area contributed by atoms with E-state index in [-0.39, 0.29) is 18.2 Å². The van der Waals surface area contributed by atoms with Crippen molar-refractivity contribution < 1.29 is 9.53 Å². The van der Waals surface area contributed by atoms with Crippen molar-refractivity contribution >= 4 is 6.09 Å². The summed E-state index contributed by atoms with van der Waals surface area (Å²) in [4.78, 5) is 11.9. The molecule has 5 rings (SSSR count).